The fourth-order valence-corrected chi connectivity index (χ4v) is 2.47. The maximum atomic E-state index is 14.3. The van der Waals surface area contributed by atoms with Gasteiger partial charge in [-0.2, -0.15) is 0 Å². The van der Waals surface area contributed by atoms with E-state index in [0.29, 0.717) is 18.0 Å². The molecule has 3 rings (SSSR count). The zero-order valence-corrected chi connectivity index (χ0v) is 11.7. The van der Waals surface area contributed by atoms with Gasteiger partial charge in [-0.05, 0) is 30.7 Å². The molecule has 2 heterocycles. The van der Waals surface area contributed by atoms with Crippen LogP contribution >= 0.6 is 11.6 Å². The van der Waals surface area contributed by atoms with Crippen LogP contribution in [0.3, 0.4) is 0 Å². The molecule has 0 amide bonds. The molecule has 0 bridgehead atoms. The van der Waals surface area contributed by atoms with Gasteiger partial charge < -0.3 is 0 Å². The zero-order valence-electron chi connectivity index (χ0n) is 11.0. The second-order valence-corrected chi connectivity index (χ2v) is 5.00. The van der Waals surface area contributed by atoms with Crippen molar-refractivity contribution in [2.75, 3.05) is 5.88 Å². The fraction of sp³-hybridized carbons (Fsp3) is 0.200. The summed E-state index contributed by atoms with van der Waals surface area (Å²) in [6.07, 6.45) is 3.93. The third-order valence-electron chi connectivity index (χ3n) is 3.19. The van der Waals surface area contributed by atoms with Gasteiger partial charge in [0, 0.05) is 18.5 Å². The Morgan fingerprint density at radius 1 is 1.30 bits per heavy atom. The van der Waals surface area contributed by atoms with E-state index in [-0.39, 0.29) is 5.82 Å². The van der Waals surface area contributed by atoms with Crippen molar-refractivity contribution in [3.05, 3.63) is 53.9 Å². The minimum atomic E-state index is -0.267. The summed E-state index contributed by atoms with van der Waals surface area (Å²) in [5, 5.41) is 0. The molecule has 0 unspecified atom stereocenters. The molecule has 0 saturated heterocycles. The van der Waals surface area contributed by atoms with Gasteiger partial charge in [-0.1, -0.05) is 6.07 Å². The van der Waals surface area contributed by atoms with Crippen molar-refractivity contribution in [3.63, 3.8) is 0 Å². The first-order valence-electron chi connectivity index (χ1n) is 6.34. The van der Waals surface area contributed by atoms with E-state index < -0.39 is 0 Å². The highest BCUT2D eigenvalue weighted by molar-refractivity contribution is 6.17. The standard InChI is InChI=1S/C15H13ClFN3/c1-10-2-3-13(11(17)8-10)20-14-5-7-18-9-12(14)19-15(20)4-6-16/h2-3,5,7-9H,4,6H2,1H3. The Morgan fingerprint density at radius 3 is 2.90 bits per heavy atom. The van der Waals surface area contributed by atoms with Gasteiger partial charge in [0.2, 0.25) is 0 Å². The van der Waals surface area contributed by atoms with E-state index in [9.17, 15) is 4.39 Å². The summed E-state index contributed by atoms with van der Waals surface area (Å²) in [5.74, 6) is 0.909. The molecule has 0 saturated carbocycles. The summed E-state index contributed by atoms with van der Waals surface area (Å²) in [6.45, 7) is 1.86. The maximum Gasteiger partial charge on any atom is 0.147 e. The number of alkyl halides is 1. The van der Waals surface area contributed by atoms with E-state index in [1.165, 1.54) is 6.07 Å². The number of hydrogen-bond donors (Lipinski definition) is 0. The van der Waals surface area contributed by atoms with Crippen LogP contribution in [-0.2, 0) is 6.42 Å². The number of hydrogen-bond acceptors (Lipinski definition) is 2. The third-order valence-corrected chi connectivity index (χ3v) is 3.38. The predicted octanol–water partition coefficient (Wildman–Crippen LogP) is 3.65. The van der Waals surface area contributed by atoms with Crippen LogP contribution in [0.25, 0.3) is 16.7 Å². The number of halogens is 2. The summed E-state index contributed by atoms with van der Waals surface area (Å²) < 4.78 is 16.1. The summed E-state index contributed by atoms with van der Waals surface area (Å²) in [5.41, 5.74) is 2.95. The molecule has 0 aliphatic carbocycles. The smallest absolute Gasteiger partial charge is 0.147 e. The second-order valence-electron chi connectivity index (χ2n) is 4.62. The lowest BCUT2D eigenvalue weighted by molar-refractivity contribution is 0.616. The predicted molar refractivity (Wildman–Crippen MR) is 78.0 cm³/mol. The average molecular weight is 290 g/mol. The minimum Gasteiger partial charge on any atom is -0.293 e. The highest BCUT2D eigenvalue weighted by Crippen LogP contribution is 2.24. The van der Waals surface area contributed by atoms with E-state index in [0.717, 1.165) is 22.4 Å². The van der Waals surface area contributed by atoms with Crippen LogP contribution in [0.1, 0.15) is 11.4 Å². The Labute approximate surface area is 121 Å². The van der Waals surface area contributed by atoms with Crippen LogP contribution in [0.5, 0.6) is 0 Å². The van der Waals surface area contributed by atoms with Crippen molar-refractivity contribution in [1.29, 1.82) is 0 Å². The molecule has 3 aromatic rings. The van der Waals surface area contributed by atoms with Crippen LogP contribution < -0.4 is 0 Å². The van der Waals surface area contributed by atoms with Crippen molar-refractivity contribution < 1.29 is 4.39 Å². The number of imidazole rings is 1. The monoisotopic (exact) mass is 289 g/mol. The van der Waals surface area contributed by atoms with E-state index in [2.05, 4.69) is 9.97 Å². The summed E-state index contributed by atoms with van der Waals surface area (Å²) >= 11 is 5.83. The van der Waals surface area contributed by atoms with Crippen molar-refractivity contribution in [1.82, 2.24) is 14.5 Å². The second kappa shape index (κ2) is 5.21. The molecule has 20 heavy (non-hydrogen) atoms. The molecule has 102 valence electrons. The quantitative estimate of drug-likeness (QED) is 0.689. The van der Waals surface area contributed by atoms with Crippen LogP contribution in [-0.4, -0.2) is 20.4 Å². The van der Waals surface area contributed by atoms with Gasteiger partial charge in [0.05, 0.1) is 17.4 Å². The van der Waals surface area contributed by atoms with Gasteiger partial charge in [0.15, 0.2) is 0 Å². The van der Waals surface area contributed by atoms with Crippen molar-refractivity contribution in [2.45, 2.75) is 13.3 Å². The van der Waals surface area contributed by atoms with Gasteiger partial charge in [-0.3, -0.25) is 9.55 Å². The average Bonchev–Trinajstić information content (AvgIpc) is 2.78. The van der Waals surface area contributed by atoms with E-state index in [1.807, 2.05) is 23.6 Å². The lowest BCUT2D eigenvalue weighted by Crippen LogP contribution is -2.04. The molecule has 0 radical (unpaired) electrons. The molecule has 0 fully saturated rings. The summed E-state index contributed by atoms with van der Waals surface area (Å²) in [4.78, 5) is 8.55. The van der Waals surface area contributed by atoms with Gasteiger partial charge in [-0.15, -0.1) is 11.6 Å². The Bertz CT molecular complexity index is 767. The topological polar surface area (TPSA) is 30.7 Å². The number of benzene rings is 1. The van der Waals surface area contributed by atoms with Gasteiger partial charge >= 0.3 is 0 Å². The van der Waals surface area contributed by atoms with Crippen molar-refractivity contribution in [3.8, 4) is 5.69 Å². The molecule has 0 atom stereocenters. The Morgan fingerprint density at radius 2 is 2.15 bits per heavy atom. The van der Waals surface area contributed by atoms with Gasteiger partial charge in [-0.25, -0.2) is 9.37 Å². The number of rotatable bonds is 3. The molecule has 0 aliphatic rings. The molecule has 0 N–H and O–H groups in total. The Balaban J connectivity index is 2.30. The largest absolute Gasteiger partial charge is 0.293 e. The number of fused-ring (bicyclic) bond motifs is 1. The highest BCUT2D eigenvalue weighted by Gasteiger charge is 2.15. The molecule has 3 nitrogen and oxygen atoms in total. The molecule has 1 aromatic carbocycles. The van der Waals surface area contributed by atoms with Gasteiger partial charge in [0.1, 0.15) is 17.2 Å². The SMILES string of the molecule is Cc1ccc(-n2c(CCCl)nc3cnccc32)c(F)c1. The Hall–Kier alpha value is -1.94. The summed E-state index contributed by atoms with van der Waals surface area (Å²) in [7, 11) is 0. The molecular weight excluding hydrogens is 277 g/mol. The first kappa shape index (κ1) is 13.1. The molecule has 0 spiro atoms. The van der Waals surface area contributed by atoms with E-state index in [4.69, 9.17) is 11.6 Å². The first-order chi connectivity index (χ1) is 9.70. The van der Waals surface area contributed by atoms with Crippen molar-refractivity contribution in [2.24, 2.45) is 0 Å². The van der Waals surface area contributed by atoms with E-state index in [1.54, 1.807) is 18.5 Å². The summed E-state index contributed by atoms with van der Waals surface area (Å²) in [6, 6.07) is 7.01. The van der Waals surface area contributed by atoms with Crippen LogP contribution in [0.4, 0.5) is 4.39 Å². The van der Waals surface area contributed by atoms with Crippen LogP contribution in [0.15, 0.2) is 36.7 Å². The van der Waals surface area contributed by atoms with Crippen LogP contribution in [0.2, 0.25) is 0 Å². The zero-order chi connectivity index (χ0) is 14.1. The maximum absolute atomic E-state index is 14.3. The fourth-order valence-electron chi connectivity index (χ4n) is 2.30. The molecule has 0 aliphatic heterocycles. The lowest BCUT2D eigenvalue weighted by Gasteiger charge is -2.10. The normalized spacial score (nSPS) is 11.2. The van der Waals surface area contributed by atoms with Crippen LogP contribution in [0, 0.1) is 12.7 Å². The number of aryl methyl sites for hydroxylation is 2. The van der Waals surface area contributed by atoms with Gasteiger partial charge in [0.25, 0.3) is 0 Å². The minimum absolute atomic E-state index is 0.267. The first-order valence-corrected chi connectivity index (χ1v) is 6.88. The number of aromatic nitrogens is 3. The highest BCUT2D eigenvalue weighted by atomic mass is 35.5. The Kier molecular flexibility index (Phi) is 3.40. The number of pyridine rings is 1. The molecule has 2 aromatic heterocycles. The van der Waals surface area contributed by atoms with E-state index >= 15 is 0 Å². The lowest BCUT2D eigenvalue weighted by atomic mass is 10.2. The van der Waals surface area contributed by atoms with Crippen molar-refractivity contribution >= 4 is 22.6 Å². The number of nitrogens with zero attached hydrogens (tertiary/aromatic N) is 3. The molecular formula is C15H13ClFN3. The third kappa shape index (κ3) is 2.16. The molecule has 5 heteroatoms.